The third kappa shape index (κ3) is 6.02. The molecule has 0 amide bonds. The molecule has 3 rings (SSSR count). The molecule has 5 nitrogen and oxygen atoms in total. The number of nitrogens with one attached hydrogen (secondary N) is 1. The summed E-state index contributed by atoms with van der Waals surface area (Å²) in [7, 11) is 0. The lowest BCUT2D eigenvalue weighted by Gasteiger charge is -2.06. The summed E-state index contributed by atoms with van der Waals surface area (Å²) in [4.78, 5) is 1.30. The van der Waals surface area contributed by atoms with Crippen molar-refractivity contribution in [2.75, 3.05) is 18.6 Å². The minimum Gasteiger partial charge on any atom is -0.313 e. The molecule has 0 aliphatic carbocycles. The summed E-state index contributed by atoms with van der Waals surface area (Å²) >= 11 is 3.45. The second kappa shape index (κ2) is 11.2. The molecule has 0 saturated heterocycles. The van der Waals surface area contributed by atoms with Gasteiger partial charge in [-0.1, -0.05) is 42.1 Å². The first-order valence-corrected chi connectivity index (χ1v) is 10.4. The summed E-state index contributed by atoms with van der Waals surface area (Å²) in [5.74, 6) is 0.978. The Bertz CT molecular complexity index is 765. The second-order valence-electron chi connectivity index (χ2n) is 5.44. The number of para-hydroxylation sites is 1. The maximum atomic E-state index is 4.12. The molecule has 0 unspecified atom stereocenters. The van der Waals surface area contributed by atoms with Gasteiger partial charge in [-0.3, -0.25) is 0 Å². The standard InChI is InChI=1S/C18H21N5S2.ClH/c1-24-17-10-8-15(9-11-17)14-19-12-5-13-25-18-20-21-22-23(18)16-6-3-2-4-7-16;/h2-4,6-11,19H,5,12-14H2,1H3;1H. The van der Waals surface area contributed by atoms with Gasteiger partial charge in [-0.05, 0) is 59.5 Å². The molecule has 2 aromatic carbocycles. The van der Waals surface area contributed by atoms with Gasteiger partial charge in [-0.15, -0.1) is 29.3 Å². The van der Waals surface area contributed by atoms with Crippen LogP contribution in [-0.2, 0) is 6.54 Å². The molecule has 0 aliphatic rings. The third-order valence-corrected chi connectivity index (χ3v) is 5.41. The molecule has 3 aromatic rings. The van der Waals surface area contributed by atoms with Crippen molar-refractivity contribution < 1.29 is 0 Å². The molecule has 0 atom stereocenters. The minimum absolute atomic E-state index is 0. The van der Waals surface area contributed by atoms with E-state index < -0.39 is 0 Å². The number of benzene rings is 2. The summed E-state index contributed by atoms with van der Waals surface area (Å²) in [5, 5.41) is 16.3. The van der Waals surface area contributed by atoms with Crippen molar-refractivity contribution in [3.63, 3.8) is 0 Å². The normalized spacial score (nSPS) is 10.5. The molecule has 0 saturated carbocycles. The van der Waals surface area contributed by atoms with E-state index in [9.17, 15) is 0 Å². The Kier molecular flexibility index (Phi) is 8.97. The van der Waals surface area contributed by atoms with Gasteiger partial charge in [-0.25, -0.2) is 0 Å². The number of aromatic nitrogens is 4. The van der Waals surface area contributed by atoms with E-state index in [0.717, 1.165) is 36.1 Å². The zero-order chi connectivity index (χ0) is 17.3. The Balaban J connectivity index is 0.00000243. The smallest absolute Gasteiger partial charge is 0.214 e. The SMILES string of the molecule is CSc1ccc(CNCCCSc2nnnn2-c2ccccc2)cc1.Cl. The molecular formula is C18H22ClN5S2. The van der Waals surface area contributed by atoms with Gasteiger partial charge in [-0.2, -0.15) is 4.68 Å². The molecular weight excluding hydrogens is 386 g/mol. The van der Waals surface area contributed by atoms with Crippen molar-refractivity contribution in [3.05, 3.63) is 60.2 Å². The van der Waals surface area contributed by atoms with Crippen LogP contribution in [0.3, 0.4) is 0 Å². The molecule has 0 spiro atoms. The summed E-state index contributed by atoms with van der Waals surface area (Å²) in [6, 6.07) is 18.7. The first-order valence-electron chi connectivity index (χ1n) is 8.17. The summed E-state index contributed by atoms with van der Waals surface area (Å²) < 4.78 is 1.78. The molecule has 1 aromatic heterocycles. The van der Waals surface area contributed by atoms with Crippen LogP contribution in [0.1, 0.15) is 12.0 Å². The van der Waals surface area contributed by atoms with Crippen molar-refractivity contribution >= 4 is 35.9 Å². The van der Waals surface area contributed by atoms with Crippen LogP contribution >= 0.6 is 35.9 Å². The van der Waals surface area contributed by atoms with E-state index in [0.29, 0.717) is 0 Å². The fourth-order valence-corrected chi connectivity index (χ4v) is 3.57. The number of hydrogen-bond acceptors (Lipinski definition) is 6. The zero-order valence-electron chi connectivity index (χ0n) is 14.5. The van der Waals surface area contributed by atoms with Crippen molar-refractivity contribution in [1.82, 2.24) is 25.5 Å². The van der Waals surface area contributed by atoms with Crippen LogP contribution in [0.5, 0.6) is 0 Å². The van der Waals surface area contributed by atoms with E-state index >= 15 is 0 Å². The number of nitrogens with zero attached hydrogens (tertiary/aromatic N) is 4. The Morgan fingerprint density at radius 3 is 2.54 bits per heavy atom. The van der Waals surface area contributed by atoms with Crippen LogP contribution in [0.15, 0.2) is 64.6 Å². The molecule has 0 aliphatic heterocycles. The predicted molar refractivity (Wildman–Crippen MR) is 112 cm³/mol. The lowest BCUT2D eigenvalue weighted by Crippen LogP contribution is -2.15. The average molecular weight is 408 g/mol. The fourth-order valence-electron chi connectivity index (χ4n) is 2.34. The monoisotopic (exact) mass is 407 g/mol. The largest absolute Gasteiger partial charge is 0.313 e. The highest BCUT2D eigenvalue weighted by molar-refractivity contribution is 7.99. The van der Waals surface area contributed by atoms with Crippen molar-refractivity contribution in [2.45, 2.75) is 23.0 Å². The lowest BCUT2D eigenvalue weighted by atomic mass is 10.2. The van der Waals surface area contributed by atoms with Gasteiger partial charge in [0.05, 0.1) is 5.69 Å². The van der Waals surface area contributed by atoms with Crippen LogP contribution in [0.4, 0.5) is 0 Å². The Morgan fingerprint density at radius 1 is 1.04 bits per heavy atom. The molecule has 26 heavy (non-hydrogen) atoms. The minimum atomic E-state index is 0. The molecule has 0 radical (unpaired) electrons. The van der Waals surface area contributed by atoms with E-state index in [2.05, 4.69) is 51.4 Å². The van der Waals surface area contributed by atoms with Crippen LogP contribution in [0.25, 0.3) is 5.69 Å². The van der Waals surface area contributed by atoms with E-state index in [4.69, 9.17) is 0 Å². The first kappa shape index (κ1) is 20.8. The van der Waals surface area contributed by atoms with Gasteiger partial charge < -0.3 is 5.32 Å². The fraction of sp³-hybridized carbons (Fsp3) is 0.278. The highest BCUT2D eigenvalue weighted by Gasteiger charge is 2.07. The van der Waals surface area contributed by atoms with Gasteiger partial charge in [0, 0.05) is 17.2 Å². The summed E-state index contributed by atoms with van der Waals surface area (Å²) in [6.07, 6.45) is 3.16. The van der Waals surface area contributed by atoms with E-state index in [1.165, 1.54) is 10.5 Å². The predicted octanol–water partition coefficient (Wildman–Crippen LogP) is 4.08. The molecule has 1 N–H and O–H groups in total. The van der Waals surface area contributed by atoms with E-state index in [1.54, 1.807) is 28.2 Å². The highest BCUT2D eigenvalue weighted by Crippen LogP contribution is 2.18. The maximum absolute atomic E-state index is 4.12. The molecule has 8 heteroatoms. The summed E-state index contributed by atoms with van der Waals surface area (Å²) in [5.41, 5.74) is 2.31. The van der Waals surface area contributed by atoms with Crippen LogP contribution in [0, 0.1) is 0 Å². The second-order valence-corrected chi connectivity index (χ2v) is 7.38. The van der Waals surface area contributed by atoms with Crippen LogP contribution in [0.2, 0.25) is 0 Å². The number of hydrogen-bond donors (Lipinski definition) is 1. The van der Waals surface area contributed by atoms with Gasteiger partial charge in [0.1, 0.15) is 0 Å². The quantitative estimate of drug-likeness (QED) is 0.426. The first-order chi connectivity index (χ1) is 12.4. The van der Waals surface area contributed by atoms with Gasteiger partial charge >= 0.3 is 0 Å². The van der Waals surface area contributed by atoms with Gasteiger partial charge in [0.25, 0.3) is 0 Å². The summed E-state index contributed by atoms with van der Waals surface area (Å²) in [6.45, 7) is 1.88. The highest BCUT2D eigenvalue weighted by atomic mass is 35.5. The lowest BCUT2D eigenvalue weighted by molar-refractivity contribution is 0.677. The van der Waals surface area contributed by atoms with Crippen molar-refractivity contribution in [2.24, 2.45) is 0 Å². The van der Waals surface area contributed by atoms with E-state index in [-0.39, 0.29) is 12.4 Å². The van der Waals surface area contributed by atoms with Crippen molar-refractivity contribution in [3.8, 4) is 5.69 Å². The van der Waals surface area contributed by atoms with Gasteiger partial charge in [0.15, 0.2) is 0 Å². The molecule has 1 heterocycles. The molecule has 0 fully saturated rings. The Hall–Kier alpha value is -1.54. The zero-order valence-corrected chi connectivity index (χ0v) is 17.0. The van der Waals surface area contributed by atoms with Gasteiger partial charge in [0.2, 0.25) is 5.16 Å². The number of thioether (sulfide) groups is 2. The van der Waals surface area contributed by atoms with Crippen molar-refractivity contribution in [1.29, 1.82) is 0 Å². The van der Waals surface area contributed by atoms with E-state index in [1.807, 2.05) is 30.3 Å². The third-order valence-electron chi connectivity index (χ3n) is 3.66. The van der Waals surface area contributed by atoms with Crippen LogP contribution < -0.4 is 5.32 Å². The number of tetrazole rings is 1. The Labute approximate surface area is 168 Å². The number of rotatable bonds is 9. The average Bonchev–Trinajstić information content (AvgIpc) is 3.14. The molecule has 0 bridgehead atoms. The maximum Gasteiger partial charge on any atom is 0.214 e. The number of halogens is 1. The Morgan fingerprint density at radius 2 is 1.81 bits per heavy atom. The van der Waals surface area contributed by atoms with Crippen LogP contribution in [-0.4, -0.2) is 38.8 Å². The topological polar surface area (TPSA) is 55.6 Å². The molecule has 138 valence electrons.